The van der Waals surface area contributed by atoms with Crippen LogP contribution in [0.25, 0.3) is 10.9 Å². The fraction of sp³-hybridized carbons (Fsp3) is 0.182. The molecule has 0 aliphatic carbocycles. The Labute approximate surface area is 108 Å². The van der Waals surface area contributed by atoms with Gasteiger partial charge in [0.25, 0.3) is 0 Å². The van der Waals surface area contributed by atoms with Crippen molar-refractivity contribution < 1.29 is 18.3 Å². The fourth-order valence-corrected chi connectivity index (χ4v) is 2.99. The lowest BCUT2D eigenvalue weighted by Crippen LogP contribution is -2.11. The number of H-pyrrole nitrogens is 1. The molecule has 96 valence electrons. The lowest BCUT2D eigenvalue weighted by atomic mass is 10.2. The number of fused-ring (bicyclic) bond motifs is 1. The third-order valence-electron chi connectivity index (χ3n) is 2.48. The summed E-state index contributed by atoms with van der Waals surface area (Å²) in [4.78, 5) is 13.1. The average molecular weight is 288 g/mol. The summed E-state index contributed by atoms with van der Waals surface area (Å²) in [5.41, 5.74) is 0.647. The van der Waals surface area contributed by atoms with E-state index in [1.165, 1.54) is 6.07 Å². The fourth-order valence-electron chi connectivity index (χ4n) is 1.58. The minimum atomic E-state index is -3.61. The van der Waals surface area contributed by atoms with Crippen LogP contribution in [0.3, 0.4) is 0 Å². The Hall–Kier alpha value is -1.53. The smallest absolute Gasteiger partial charge is 0.304 e. The maximum atomic E-state index is 11.9. The highest BCUT2D eigenvalue weighted by Gasteiger charge is 2.18. The summed E-state index contributed by atoms with van der Waals surface area (Å²) >= 11 is 5.80. The molecule has 0 amide bonds. The van der Waals surface area contributed by atoms with Gasteiger partial charge in [0.15, 0.2) is 9.84 Å². The van der Waals surface area contributed by atoms with Crippen LogP contribution in [0.1, 0.15) is 6.42 Å². The molecule has 2 aromatic rings. The molecule has 0 bridgehead atoms. The predicted octanol–water partition coefficient (Wildman–Crippen LogP) is 2.07. The Kier molecular flexibility index (Phi) is 3.32. The van der Waals surface area contributed by atoms with E-state index in [1.807, 2.05) is 0 Å². The molecule has 0 unspecified atom stereocenters. The minimum Gasteiger partial charge on any atom is -0.481 e. The van der Waals surface area contributed by atoms with Gasteiger partial charge in [0.2, 0.25) is 0 Å². The SMILES string of the molecule is O=C(O)CCS(=O)(=O)c1cc2cc(Cl)ccc2[nH]1. The number of hydrogen-bond acceptors (Lipinski definition) is 3. The van der Waals surface area contributed by atoms with Crippen molar-refractivity contribution in [2.24, 2.45) is 0 Å². The number of aromatic nitrogens is 1. The number of carbonyl (C=O) groups is 1. The number of sulfone groups is 1. The first-order chi connectivity index (χ1) is 8.38. The molecule has 1 aromatic heterocycles. The average Bonchev–Trinajstić information content (AvgIpc) is 2.70. The largest absolute Gasteiger partial charge is 0.481 e. The van der Waals surface area contributed by atoms with Gasteiger partial charge in [-0.25, -0.2) is 8.42 Å². The number of carboxylic acids is 1. The summed E-state index contributed by atoms with van der Waals surface area (Å²) < 4.78 is 23.7. The number of nitrogens with one attached hydrogen (secondary N) is 1. The number of benzene rings is 1. The van der Waals surface area contributed by atoms with Crippen LogP contribution in [-0.4, -0.2) is 30.2 Å². The van der Waals surface area contributed by atoms with Crippen LogP contribution in [-0.2, 0) is 14.6 Å². The summed E-state index contributed by atoms with van der Waals surface area (Å²) in [5, 5.41) is 9.71. The van der Waals surface area contributed by atoms with E-state index >= 15 is 0 Å². The molecule has 18 heavy (non-hydrogen) atoms. The molecule has 0 spiro atoms. The van der Waals surface area contributed by atoms with Crippen molar-refractivity contribution in [3.05, 3.63) is 29.3 Å². The molecule has 7 heteroatoms. The highest BCUT2D eigenvalue weighted by Crippen LogP contribution is 2.23. The van der Waals surface area contributed by atoms with Gasteiger partial charge in [-0.05, 0) is 24.3 Å². The molecule has 0 saturated heterocycles. The summed E-state index contributed by atoms with van der Waals surface area (Å²) in [7, 11) is -3.61. The molecule has 2 rings (SSSR count). The van der Waals surface area contributed by atoms with E-state index in [2.05, 4.69) is 4.98 Å². The van der Waals surface area contributed by atoms with Crippen LogP contribution in [0.2, 0.25) is 5.02 Å². The van der Waals surface area contributed by atoms with Gasteiger partial charge in [-0.15, -0.1) is 0 Å². The maximum absolute atomic E-state index is 11.9. The van der Waals surface area contributed by atoms with Gasteiger partial charge >= 0.3 is 5.97 Å². The Morgan fingerprint density at radius 1 is 1.33 bits per heavy atom. The zero-order valence-corrected chi connectivity index (χ0v) is 10.8. The number of aromatic amines is 1. The van der Waals surface area contributed by atoms with E-state index in [-0.39, 0.29) is 5.03 Å². The van der Waals surface area contributed by atoms with Crippen LogP contribution in [0, 0.1) is 0 Å². The number of hydrogen-bond donors (Lipinski definition) is 2. The normalized spacial score (nSPS) is 11.8. The molecule has 1 aromatic carbocycles. The Morgan fingerprint density at radius 3 is 2.72 bits per heavy atom. The molecular formula is C11H10ClNO4S. The standard InChI is InChI=1S/C11H10ClNO4S/c12-8-1-2-9-7(5-8)6-10(13-9)18(16,17)4-3-11(14)15/h1-2,5-6,13H,3-4H2,(H,14,15). The van der Waals surface area contributed by atoms with Crippen molar-refractivity contribution in [1.82, 2.24) is 4.98 Å². The van der Waals surface area contributed by atoms with Crippen molar-refractivity contribution in [2.45, 2.75) is 11.4 Å². The first-order valence-electron chi connectivity index (χ1n) is 5.11. The van der Waals surface area contributed by atoms with Crippen molar-refractivity contribution in [3.63, 3.8) is 0 Å². The maximum Gasteiger partial charge on any atom is 0.304 e. The topological polar surface area (TPSA) is 87.2 Å². The second-order valence-electron chi connectivity index (χ2n) is 3.83. The summed E-state index contributed by atoms with van der Waals surface area (Å²) in [6, 6.07) is 6.42. The van der Waals surface area contributed by atoms with Gasteiger partial charge in [-0.1, -0.05) is 11.6 Å². The molecule has 1 heterocycles. The summed E-state index contributed by atoms with van der Waals surface area (Å²) in [5.74, 6) is -1.57. The van der Waals surface area contributed by atoms with Gasteiger partial charge in [0.1, 0.15) is 5.03 Å². The van der Waals surface area contributed by atoms with Gasteiger partial charge in [0.05, 0.1) is 12.2 Å². The molecule has 0 fully saturated rings. The van der Waals surface area contributed by atoms with Crippen LogP contribution in [0.15, 0.2) is 29.3 Å². The van der Waals surface area contributed by atoms with Gasteiger partial charge in [-0.2, -0.15) is 0 Å². The molecule has 0 aliphatic heterocycles. The van der Waals surface area contributed by atoms with Crippen molar-refractivity contribution in [2.75, 3.05) is 5.75 Å². The third-order valence-corrected chi connectivity index (χ3v) is 4.34. The van der Waals surface area contributed by atoms with Gasteiger partial charge in [-0.3, -0.25) is 4.79 Å². The summed E-state index contributed by atoms with van der Waals surface area (Å²) in [6.07, 6.45) is -0.418. The van der Waals surface area contributed by atoms with Gasteiger partial charge in [0, 0.05) is 15.9 Å². The highest BCUT2D eigenvalue weighted by atomic mass is 35.5. The van der Waals surface area contributed by atoms with Crippen molar-refractivity contribution in [3.8, 4) is 0 Å². The second-order valence-corrected chi connectivity index (χ2v) is 6.34. The quantitative estimate of drug-likeness (QED) is 0.901. The number of aliphatic carboxylic acids is 1. The molecule has 0 atom stereocenters. The summed E-state index contributed by atoms with van der Waals surface area (Å²) in [6.45, 7) is 0. The monoisotopic (exact) mass is 287 g/mol. The Morgan fingerprint density at radius 2 is 2.06 bits per heavy atom. The number of halogens is 1. The van der Waals surface area contributed by atoms with Crippen molar-refractivity contribution in [1.29, 1.82) is 0 Å². The molecular weight excluding hydrogens is 278 g/mol. The zero-order valence-electron chi connectivity index (χ0n) is 9.18. The molecule has 5 nitrogen and oxygen atoms in total. The van der Waals surface area contributed by atoms with Crippen LogP contribution < -0.4 is 0 Å². The van der Waals surface area contributed by atoms with E-state index in [1.54, 1.807) is 18.2 Å². The zero-order chi connectivity index (χ0) is 13.3. The van der Waals surface area contributed by atoms with Crippen molar-refractivity contribution >= 4 is 38.3 Å². The van der Waals surface area contributed by atoms with E-state index in [9.17, 15) is 13.2 Å². The molecule has 2 N–H and O–H groups in total. The van der Waals surface area contributed by atoms with Crippen LogP contribution in [0.4, 0.5) is 0 Å². The number of carboxylic acid groups (broad SMARTS) is 1. The second kappa shape index (κ2) is 4.62. The van der Waals surface area contributed by atoms with Crippen LogP contribution in [0.5, 0.6) is 0 Å². The first kappa shape index (κ1) is 12.9. The first-order valence-corrected chi connectivity index (χ1v) is 7.14. The molecule has 0 saturated carbocycles. The van der Waals surface area contributed by atoms with Crippen LogP contribution >= 0.6 is 11.6 Å². The van der Waals surface area contributed by atoms with Gasteiger partial charge < -0.3 is 10.1 Å². The third kappa shape index (κ3) is 2.65. The Balaban J connectivity index is 2.38. The van der Waals surface area contributed by atoms with E-state index < -0.39 is 28.0 Å². The minimum absolute atomic E-state index is 0.0148. The van der Waals surface area contributed by atoms with E-state index in [0.29, 0.717) is 15.9 Å². The van der Waals surface area contributed by atoms with E-state index in [4.69, 9.17) is 16.7 Å². The lowest BCUT2D eigenvalue weighted by molar-refractivity contribution is -0.136. The highest BCUT2D eigenvalue weighted by molar-refractivity contribution is 7.91. The molecule has 0 radical (unpaired) electrons. The predicted molar refractivity (Wildman–Crippen MR) is 67.6 cm³/mol. The Bertz CT molecular complexity index is 705. The molecule has 0 aliphatic rings. The lowest BCUT2D eigenvalue weighted by Gasteiger charge is -1.98. The van der Waals surface area contributed by atoms with E-state index in [0.717, 1.165) is 0 Å². The number of rotatable bonds is 4.